The van der Waals surface area contributed by atoms with E-state index in [4.69, 9.17) is 0 Å². The summed E-state index contributed by atoms with van der Waals surface area (Å²) in [4.78, 5) is 0. The summed E-state index contributed by atoms with van der Waals surface area (Å²) in [5.74, 6) is 0.713. The maximum Gasteiger partial charge on any atom is -0.0126 e. The molecule has 0 radical (unpaired) electrons. The van der Waals surface area contributed by atoms with Gasteiger partial charge in [-0.1, -0.05) is 40.2 Å². The molecule has 0 N–H and O–H groups in total. The highest BCUT2D eigenvalue weighted by Gasteiger charge is 2.22. The van der Waals surface area contributed by atoms with Crippen LogP contribution in [-0.4, -0.2) is 0 Å². The second-order valence-corrected chi connectivity index (χ2v) is 3.61. The third-order valence-electron chi connectivity index (χ3n) is 2.57. The number of hydrogen-bond acceptors (Lipinski definition) is 0. The SMILES string of the molecule is C=CC(C)(CCC)C(C)C. The predicted octanol–water partition coefficient (Wildman–Crippen LogP) is 3.63. The lowest BCUT2D eigenvalue weighted by molar-refractivity contribution is 0.273. The van der Waals surface area contributed by atoms with Gasteiger partial charge in [0.25, 0.3) is 0 Å². The molecule has 0 aromatic heterocycles. The fourth-order valence-electron chi connectivity index (χ4n) is 1.17. The Morgan fingerprint density at radius 1 is 1.50 bits per heavy atom. The molecule has 0 aromatic rings. The zero-order valence-corrected chi connectivity index (χ0v) is 7.78. The van der Waals surface area contributed by atoms with Gasteiger partial charge in [-0.05, 0) is 17.8 Å². The van der Waals surface area contributed by atoms with E-state index in [1.807, 2.05) is 0 Å². The van der Waals surface area contributed by atoms with Crippen LogP contribution in [0.2, 0.25) is 0 Å². The summed E-state index contributed by atoms with van der Waals surface area (Å²) in [5, 5.41) is 0. The summed E-state index contributed by atoms with van der Waals surface area (Å²) in [5.41, 5.74) is 0.356. The van der Waals surface area contributed by atoms with E-state index in [1.165, 1.54) is 12.8 Å². The minimum Gasteiger partial charge on any atom is -0.103 e. The van der Waals surface area contributed by atoms with E-state index in [0.717, 1.165) is 0 Å². The normalized spacial score (nSPS) is 16.9. The van der Waals surface area contributed by atoms with Crippen LogP contribution in [0.5, 0.6) is 0 Å². The Labute approximate surface area is 65.3 Å². The summed E-state index contributed by atoms with van der Waals surface area (Å²) < 4.78 is 0. The smallest absolute Gasteiger partial charge is 0.0126 e. The lowest BCUT2D eigenvalue weighted by Crippen LogP contribution is -2.19. The second kappa shape index (κ2) is 3.80. The van der Waals surface area contributed by atoms with Crippen LogP contribution in [0.1, 0.15) is 40.5 Å². The summed E-state index contributed by atoms with van der Waals surface area (Å²) in [7, 11) is 0. The van der Waals surface area contributed by atoms with Gasteiger partial charge in [-0.25, -0.2) is 0 Å². The highest BCUT2D eigenvalue weighted by molar-refractivity contribution is 4.92. The molecular weight excluding hydrogens is 120 g/mol. The minimum absolute atomic E-state index is 0.356. The number of hydrogen-bond donors (Lipinski definition) is 0. The molecule has 1 atom stereocenters. The first kappa shape index (κ1) is 9.74. The lowest BCUT2D eigenvalue weighted by Gasteiger charge is -2.29. The van der Waals surface area contributed by atoms with E-state index in [0.29, 0.717) is 11.3 Å². The Morgan fingerprint density at radius 2 is 2.00 bits per heavy atom. The topological polar surface area (TPSA) is 0 Å². The first-order valence-electron chi connectivity index (χ1n) is 4.20. The molecule has 0 aliphatic rings. The molecule has 0 aromatic carbocycles. The lowest BCUT2D eigenvalue weighted by atomic mass is 9.76. The molecule has 0 spiro atoms. The number of allylic oxidation sites excluding steroid dienone is 1. The van der Waals surface area contributed by atoms with E-state index in [-0.39, 0.29) is 0 Å². The first-order valence-corrected chi connectivity index (χ1v) is 4.20. The van der Waals surface area contributed by atoms with Gasteiger partial charge in [-0.3, -0.25) is 0 Å². The highest BCUT2D eigenvalue weighted by atomic mass is 14.3. The van der Waals surface area contributed by atoms with Gasteiger partial charge in [0.1, 0.15) is 0 Å². The Bertz CT molecular complexity index is 103. The average Bonchev–Trinajstić information content (AvgIpc) is 1.88. The molecule has 0 amide bonds. The number of rotatable bonds is 4. The molecule has 0 aliphatic carbocycles. The summed E-state index contributed by atoms with van der Waals surface area (Å²) in [6.45, 7) is 12.9. The van der Waals surface area contributed by atoms with Crippen LogP contribution in [-0.2, 0) is 0 Å². The minimum atomic E-state index is 0.356. The first-order chi connectivity index (χ1) is 4.56. The molecule has 0 bridgehead atoms. The Morgan fingerprint density at radius 3 is 2.10 bits per heavy atom. The Hall–Kier alpha value is -0.260. The van der Waals surface area contributed by atoms with Gasteiger partial charge in [0.05, 0.1) is 0 Å². The van der Waals surface area contributed by atoms with Crippen molar-refractivity contribution in [1.29, 1.82) is 0 Å². The van der Waals surface area contributed by atoms with Crippen LogP contribution < -0.4 is 0 Å². The third kappa shape index (κ3) is 2.17. The van der Waals surface area contributed by atoms with E-state index >= 15 is 0 Å². The van der Waals surface area contributed by atoms with E-state index in [1.54, 1.807) is 0 Å². The predicted molar refractivity (Wildman–Crippen MR) is 48.1 cm³/mol. The van der Waals surface area contributed by atoms with Crippen LogP contribution in [0.4, 0.5) is 0 Å². The van der Waals surface area contributed by atoms with Gasteiger partial charge < -0.3 is 0 Å². The maximum atomic E-state index is 3.87. The summed E-state index contributed by atoms with van der Waals surface area (Å²) >= 11 is 0. The molecule has 0 fully saturated rings. The molecular formula is C10H20. The molecule has 0 saturated heterocycles. The van der Waals surface area contributed by atoms with Crippen molar-refractivity contribution in [3.05, 3.63) is 12.7 Å². The van der Waals surface area contributed by atoms with Crippen molar-refractivity contribution >= 4 is 0 Å². The Balaban J connectivity index is 4.08. The third-order valence-corrected chi connectivity index (χ3v) is 2.57. The molecule has 10 heavy (non-hydrogen) atoms. The molecule has 0 heteroatoms. The van der Waals surface area contributed by atoms with Crippen LogP contribution in [0.15, 0.2) is 12.7 Å². The standard InChI is InChI=1S/C10H20/c1-6-8-10(5,7-2)9(3)4/h7,9H,2,6,8H2,1,3-5H3. The highest BCUT2D eigenvalue weighted by Crippen LogP contribution is 2.32. The molecule has 0 saturated carbocycles. The monoisotopic (exact) mass is 140 g/mol. The fraction of sp³-hybridized carbons (Fsp3) is 0.800. The molecule has 1 unspecified atom stereocenters. The zero-order valence-electron chi connectivity index (χ0n) is 7.78. The van der Waals surface area contributed by atoms with Crippen LogP contribution >= 0.6 is 0 Å². The van der Waals surface area contributed by atoms with Gasteiger partial charge in [-0.2, -0.15) is 0 Å². The summed E-state index contributed by atoms with van der Waals surface area (Å²) in [6, 6.07) is 0. The van der Waals surface area contributed by atoms with Crippen molar-refractivity contribution in [2.24, 2.45) is 11.3 Å². The average molecular weight is 140 g/mol. The van der Waals surface area contributed by atoms with Gasteiger partial charge in [-0.15, -0.1) is 6.58 Å². The van der Waals surface area contributed by atoms with Crippen molar-refractivity contribution in [2.75, 3.05) is 0 Å². The molecule has 60 valence electrons. The van der Waals surface area contributed by atoms with Crippen molar-refractivity contribution in [1.82, 2.24) is 0 Å². The van der Waals surface area contributed by atoms with Gasteiger partial charge in [0.15, 0.2) is 0 Å². The van der Waals surface area contributed by atoms with Crippen molar-refractivity contribution < 1.29 is 0 Å². The molecule has 0 nitrogen and oxygen atoms in total. The van der Waals surface area contributed by atoms with Crippen LogP contribution in [0, 0.1) is 11.3 Å². The van der Waals surface area contributed by atoms with Gasteiger partial charge in [0.2, 0.25) is 0 Å². The molecule has 0 aliphatic heterocycles. The summed E-state index contributed by atoms with van der Waals surface area (Å²) in [6.07, 6.45) is 4.61. The molecule has 0 heterocycles. The van der Waals surface area contributed by atoms with Crippen molar-refractivity contribution in [3.8, 4) is 0 Å². The largest absolute Gasteiger partial charge is 0.103 e. The fourth-order valence-corrected chi connectivity index (χ4v) is 1.17. The van der Waals surface area contributed by atoms with Gasteiger partial charge in [0, 0.05) is 0 Å². The van der Waals surface area contributed by atoms with Gasteiger partial charge >= 0.3 is 0 Å². The van der Waals surface area contributed by atoms with Crippen molar-refractivity contribution in [3.63, 3.8) is 0 Å². The van der Waals surface area contributed by atoms with E-state index < -0.39 is 0 Å². The van der Waals surface area contributed by atoms with Crippen LogP contribution in [0.25, 0.3) is 0 Å². The van der Waals surface area contributed by atoms with Crippen LogP contribution in [0.3, 0.4) is 0 Å². The van der Waals surface area contributed by atoms with E-state index in [9.17, 15) is 0 Å². The Kier molecular flexibility index (Phi) is 3.70. The maximum absolute atomic E-state index is 3.87. The second-order valence-electron chi connectivity index (χ2n) is 3.61. The van der Waals surface area contributed by atoms with Crippen molar-refractivity contribution in [2.45, 2.75) is 40.5 Å². The quantitative estimate of drug-likeness (QED) is 0.523. The zero-order chi connectivity index (χ0) is 8.20. The molecule has 0 rings (SSSR count). The van der Waals surface area contributed by atoms with E-state index in [2.05, 4.69) is 40.3 Å².